The first-order valence-corrected chi connectivity index (χ1v) is 8.27. The third-order valence-corrected chi connectivity index (χ3v) is 3.75. The molecule has 1 aliphatic rings. The Bertz CT molecular complexity index is 325. The van der Waals surface area contributed by atoms with Gasteiger partial charge in [0.15, 0.2) is 0 Å². The predicted octanol–water partition coefficient (Wildman–Crippen LogP) is 3.85. The summed E-state index contributed by atoms with van der Waals surface area (Å²) in [5.41, 5.74) is 0. The molecule has 1 aliphatic heterocycles. The van der Waals surface area contributed by atoms with Crippen molar-refractivity contribution >= 4 is 6.29 Å². The number of hydrogen-bond donors (Lipinski definition) is 0. The zero-order valence-electron chi connectivity index (χ0n) is 13.7. The summed E-state index contributed by atoms with van der Waals surface area (Å²) >= 11 is 0. The van der Waals surface area contributed by atoms with Gasteiger partial charge >= 0.3 is 0 Å². The molecule has 0 saturated heterocycles. The van der Waals surface area contributed by atoms with Crippen LogP contribution in [-0.4, -0.2) is 32.2 Å². The SMILES string of the molecule is CCCCCOC1=C(C)OCC(OCCCCC)C1C=O. The van der Waals surface area contributed by atoms with Crippen molar-refractivity contribution in [2.75, 3.05) is 19.8 Å². The first-order valence-electron chi connectivity index (χ1n) is 8.27. The summed E-state index contributed by atoms with van der Waals surface area (Å²) in [4.78, 5) is 11.5. The van der Waals surface area contributed by atoms with E-state index in [0.717, 1.165) is 50.6 Å². The molecule has 0 aromatic heterocycles. The number of allylic oxidation sites excluding steroid dienone is 1. The van der Waals surface area contributed by atoms with Crippen LogP contribution in [0.25, 0.3) is 0 Å². The molecule has 0 saturated carbocycles. The van der Waals surface area contributed by atoms with E-state index in [1.807, 2.05) is 6.92 Å². The maximum Gasteiger partial charge on any atom is 0.146 e. The molecule has 0 aromatic carbocycles. The van der Waals surface area contributed by atoms with Crippen molar-refractivity contribution in [1.82, 2.24) is 0 Å². The van der Waals surface area contributed by atoms with Crippen molar-refractivity contribution in [2.45, 2.75) is 65.4 Å². The molecule has 2 unspecified atom stereocenters. The maximum absolute atomic E-state index is 11.5. The van der Waals surface area contributed by atoms with Crippen LogP contribution in [0.2, 0.25) is 0 Å². The Morgan fingerprint density at radius 1 is 1.14 bits per heavy atom. The largest absolute Gasteiger partial charge is 0.494 e. The molecule has 0 fully saturated rings. The minimum atomic E-state index is -0.331. The molecule has 0 radical (unpaired) electrons. The standard InChI is InChI=1S/C17H30O4/c1-4-6-8-10-19-16-13-21-14(3)17(15(16)12-18)20-11-9-7-5-2/h12,15-16H,4-11,13H2,1-3H3. The van der Waals surface area contributed by atoms with Gasteiger partial charge in [0.05, 0.1) is 6.61 Å². The van der Waals surface area contributed by atoms with Crippen LogP contribution < -0.4 is 0 Å². The number of carbonyl (C=O) groups is 1. The lowest BCUT2D eigenvalue weighted by atomic mass is 9.99. The maximum atomic E-state index is 11.5. The van der Waals surface area contributed by atoms with Gasteiger partial charge in [0.1, 0.15) is 36.4 Å². The molecular weight excluding hydrogens is 268 g/mol. The number of aldehydes is 1. The van der Waals surface area contributed by atoms with E-state index in [1.54, 1.807) is 0 Å². The van der Waals surface area contributed by atoms with Crippen molar-refractivity contribution in [1.29, 1.82) is 0 Å². The van der Waals surface area contributed by atoms with Crippen molar-refractivity contribution < 1.29 is 19.0 Å². The Hall–Kier alpha value is -1.03. The Labute approximate surface area is 128 Å². The van der Waals surface area contributed by atoms with Crippen LogP contribution in [0, 0.1) is 5.92 Å². The molecule has 0 aromatic rings. The van der Waals surface area contributed by atoms with Crippen LogP contribution in [0.5, 0.6) is 0 Å². The van der Waals surface area contributed by atoms with E-state index in [-0.39, 0.29) is 12.0 Å². The summed E-state index contributed by atoms with van der Waals surface area (Å²) in [5, 5.41) is 0. The van der Waals surface area contributed by atoms with E-state index in [4.69, 9.17) is 14.2 Å². The fourth-order valence-electron chi connectivity index (χ4n) is 2.41. The van der Waals surface area contributed by atoms with Crippen LogP contribution in [0.4, 0.5) is 0 Å². The number of unbranched alkanes of at least 4 members (excludes halogenated alkanes) is 4. The van der Waals surface area contributed by atoms with Crippen molar-refractivity contribution in [2.24, 2.45) is 5.92 Å². The summed E-state index contributed by atoms with van der Waals surface area (Å²) < 4.78 is 17.2. The molecule has 0 aliphatic carbocycles. The molecule has 1 rings (SSSR count). The second-order valence-electron chi connectivity index (χ2n) is 5.57. The predicted molar refractivity (Wildman–Crippen MR) is 82.9 cm³/mol. The highest BCUT2D eigenvalue weighted by Crippen LogP contribution is 2.27. The summed E-state index contributed by atoms with van der Waals surface area (Å²) in [5.74, 6) is 1.05. The molecule has 1 heterocycles. The first kappa shape index (κ1) is 18.0. The highest BCUT2D eigenvalue weighted by atomic mass is 16.6. The van der Waals surface area contributed by atoms with Gasteiger partial charge in [0.25, 0.3) is 0 Å². The van der Waals surface area contributed by atoms with E-state index in [9.17, 15) is 4.79 Å². The normalized spacial score (nSPS) is 22.0. The van der Waals surface area contributed by atoms with Crippen molar-refractivity contribution in [3.8, 4) is 0 Å². The van der Waals surface area contributed by atoms with Gasteiger partial charge in [0.2, 0.25) is 0 Å². The lowest BCUT2D eigenvalue weighted by Gasteiger charge is -2.31. The van der Waals surface area contributed by atoms with Gasteiger partial charge < -0.3 is 19.0 Å². The Morgan fingerprint density at radius 2 is 1.81 bits per heavy atom. The van der Waals surface area contributed by atoms with Gasteiger partial charge in [-0.05, 0) is 19.8 Å². The van der Waals surface area contributed by atoms with Crippen LogP contribution >= 0.6 is 0 Å². The van der Waals surface area contributed by atoms with Crippen molar-refractivity contribution in [3.05, 3.63) is 11.5 Å². The quantitative estimate of drug-likeness (QED) is 0.429. The summed E-state index contributed by atoms with van der Waals surface area (Å²) in [6.45, 7) is 7.92. The fraction of sp³-hybridized carbons (Fsp3) is 0.824. The minimum absolute atomic E-state index is 0.218. The zero-order valence-corrected chi connectivity index (χ0v) is 13.7. The topological polar surface area (TPSA) is 44.8 Å². The Kier molecular flexibility index (Phi) is 9.15. The first-order chi connectivity index (χ1) is 10.2. The molecule has 21 heavy (non-hydrogen) atoms. The molecule has 0 amide bonds. The summed E-state index contributed by atoms with van der Waals surface area (Å²) in [7, 11) is 0. The molecule has 4 heteroatoms. The van der Waals surface area contributed by atoms with Crippen molar-refractivity contribution in [3.63, 3.8) is 0 Å². The lowest BCUT2D eigenvalue weighted by molar-refractivity contribution is -0.122. The number of hydrogen-bond acceptors (Lipinski definition) is 4. The van der Waals surface area contributed by atoms with Gasteiger partial charge in [-0.3, -0.25) is 0 Å². The fourth-order valence-corrected chi connectivity index (χ4v) is 2.41. The van der Waals surface area contributed by atoms with E-state index in [0.29, 0.717) is 25.6 Å². The molecule has 2 atom stereocenters. The minimum Gasteiger partial charge on any atom is -0.494 e. The molecule has 122 valence electrons. The molecule has 0 N–H and O–H groups in total. The molecule has 0 spiro atoms. The highest BCUT2D eigenvalue weighted by Gasteiger charge is 2.33. The summed E-state index contributed by atoms with van der Waals surface area (Å²) in [6, 6.07) is 0. The van der Waals surface area contributed by atoms with E-state index >= 15 is 0 Å². The van der Waals surface area contributed by atoms with Gasteiger partial charge in [-0.1, -0.05) is 39.5 Å². The molecular formula is C17H30O4. The van der Waals surface area contributed by atoms with E-state index in [2.05, 4.69) is 13.8 Å². The smallest absolute Gasteiger partial charge is 0.146 e. The van der Waals surface area contributed by atoms with Crippen LogP contribution in [0.15, 0.2) is 11.5 Å². The number of rotatable bonds is 11. The third kappa shape index (κ3) is 6.08. The molecule has 0 bridgehead atoms. The van der Waals surface area contributed by atoms with Crippen LogP contribution in [0.1, 0.15) is 59.3 Å². The van der Waals surface area contributed by atoms with E-state index in [1.165, 1.54) is 0 Å². The zero-order chi connectivity index (χ0) is 15.5. The van der Waals surface area contributed by atoms with Gasteiger partial charge in [-0.2, -0.15) is 0 Å². The highest BCUT2D eigenvalue weighted by molar-refractivity contribution is 5.59. The number of ether oxygens (including phenoxy) is 3. The van der Waals surface area contributed by atoms with Gasteiger partial charge in [0, 0.05) is 6.61 Å². The lowest BCUT2D eigenvalue weighted by Crippen LogP contribution is -2.37. The van der Waals surface area contributed by atoms with Crippen LogP contribution in [0.3, 0.4) is 0 Å². The molecule has 4 nitrogen and oxygen atoms in total. The van der Waals surface area contributed by atoms with Gasteiger partial charge in [-0.25, -0.2) is 0 Å². The second-order valence-corrected chi connectivity index (χ2v) is 5.57. The van der Waals surface area contributed by atoms with Crippen LogP contribution in [-0.2, 0) is 19.0 Å². The second kappa shape index (κ2) is 10.7. The monoisotopic (exact) mass is 298 g/mol. The Balaban J connectivity index is 2.51. The third-order valence-electron chi connectivity index (χ3n) is 3.75. The number of carbonyl (C=O) groups excluding carboxylic acids is 1. The summed E-state index contributed by atoms with van der Waals surface area (Å²) in [6.07, 6.45) is 7.33. The van der Waals surface area contributed by atoms with E-state index < -0.39 is 0 Å². The van der Waals surface area contributed by atoms with Gasteiger partial charge in [-0.15, -0.1) is 0 Å². The average Bonchev–Trinajstić information content (AvgIpc) is 2.50. The average molecular weight is 298 g/mol. The Morgan fingerprint density at radius 3 is 2.43 bits per heavy atom.